The molecule has 7 heteroatoms. The van der Waals surface area contributed by atoms with E-state index >= 15 is 0 Å². The van der Waals surface area contributed by atoms with Crippen LogP contribution in [0, 0.1) is 0 Å². The zero-order valence-corrected chi connectivity index (χ0v) is 11.9. The van der Waals surface area contributed by atoms with E-state index in [2.05, 4.69) is 5.48 Å². The van der Waals surface area contributed by atoms with Gasteiger partial charge in [-0.15, -0.1) is 4.94 Å². The van der Waals surface area contributed by atoms with Crippen molar-refractivity contribution in [1.82, 2.24) is 10.5 Å². The van der Waals surface area contributed by atoms with Crippen molar-refractivity contribution < 1.29 is 22.9 Å². The normalized spacial score (nSPS) is 15.9. The van der Waals surface area contributed by atoms with Crippen molar-refractivity contribution >= 4 is 11.6 Å². The number of carbonyl (C=O) groups is 1. The van der Waals surface area contributed by atoms with E-state index in [1.807, 2.05) is 6.92 Å². The summed E-state index contributed by atoms with van der Waals surface area (Å²) < 4.78 is 38.4. The van der Waals surface area contributed by atoms with Crippen LogP contribution in [-0.2, 0) is 15.9 Å². The molecule has 0 unspecified atom stereocenters. The van der Waals surface area contributed by atoms with Crippen molar-refractivity contribution in [2.45, 2.75) is 25.9 Å². The third-order valence-electron chi connectivity index (χ3n) is 2.93. The Balaban J connectivity index is 2.36. The predicted molar refractivity (Wildman–Crippen MR) is 74.5 cm³/mol. The number of hydrogen-bond acceptors (Lipinski definition) is 3. The number of rotatable bonds is 4. The number of hydroxylamine groups is 3. The summed E-state index contributed by atoms with van der Waals surface area (Å²) in [6, 6.07) is 4.74. The van der Waals surface area contributed by atoms with Gasteiger partial charge in [0.1, 0.15) is 0 Å². The molecule has 0 saturated carbocycles. The summed E-state index contributed by atoms with van der Waals surface area (Å²) in [5.74, 6) is -0.535. The van der Waals surface area contributed by atoms with Crippen molar-refractivity contribution in [3.05, 3.63) is 53.7 Å². The van der Waals surface area contributed by atoms with Crippen LogP contribution in [0.1, 0.15) is 30.9 Å². The Morgan fingerprint density at radius 1 is 1.36 bits per heavy atom. The molecule has 1 N–H and O–H groups in total. The molecule has 0 fully saturated rings. The first-order valence-electron chi connectivity index (χ1n) is 6.74. The molecule has 1 aromatic carbocycles. The van der Waals surface area contributed by atoms with E-state index in [0.29, 0.717) is 0 Å². The Bertz CT molecular complexity index is 609. The topological polar surface area (TPSA) is 41.6 Å². The van der Waals surface area contributed by atoms with Crippen LogP contribution in [0.15, 0.2) is 42.6 Å². The van der Waals surface area contributed by atoms with Crippen LogP contribution in [-0.4, -0.2) is 11.0 Å². The van der Waals surface area contributed by atoms with E-state index in [4.69, 9.17) is 4.94 Å². The van der Waals surface area contributed by atoms with Gasteiger partial charge in [0.2, 0.25) is 0 Å². The van der Waals surface area contributed by atoms with E-state index in [0.717, 1.165) is 25.0 Å². The summed E-state index contributed by atoms with van der Waals surface area (Å²) in [5.41, 5.74) is 1.84. The molecule has 0 aromatic heterocycles. The summed E-state index contributed by atoms with van der Waals surface area (Å²) in [5, 5.41) is 1.23. The van der Waals surface area contributed by atoms with Crippen LogP contribution in [0.2, 0.25) is 0 Å². The highest BCUT2D eigenvalue weighted by molar-refractivity contribution is 5.95. The SMILES string of the molecule is CCCC=CN1ONC(=O)C=C1c1cccc(C(F)(F)F)c1. The lowest BCUT2D eigenvalue weighted by Gasteiger charge is -2.26. The highest BCUT2D eigenvalue weighted by atomic mass is 19.4. The molecular weight excluding hydrogens is 297 g/mol. The first-order valence-corrected chi connectivity index (χ1v) is 6.74. The van der Waals surface area contributed by atoms with Crippen molar-refractivity contribution in [3.63, 3.8) is 0 Å². The average Bonchev–Trinajstić information content (AvgIpc) is 2.48. The van der Waals surface area contributed by atoms with Gasteiger partial charge in [0, 0.05) is 17.8 Å². The number of nitrogens with zero attached hydrogens (tertiary/aromatic N) is 1. The third kappa shape index (κ3) is 3.88. The molecule has 1 amide bonds. The van der Waals surface area contributed by atoms with Crippen LogP contribution >= 0.6 is 0 Å². The quantitative estimate of drug-likeness (QED) is 0.923. The number of hydrogen-bond donors (Lipinski definition) is 1. The van der Waals surface area contributed by atoms with E-state index in [9.17, 15) is 18.0 Å². The minimum absolute atomic E-state index is 0.238. The van der Waals surface area contributed by atoms with Gasteiger partial charge in [-0.3, -0.25) is 4.79 Å². The Morgan fingerprint density at radius 2 is 2.14 bits per heavy atom. The number of carbonyl (C=O) groups excluding carboxylic acids is 1. The fourth-order valence-corrected chi connectivity index (χ4v) is 1.87. The molecule has 1 aliphatic heterocycles. The molecule has 2 rings (SSSR count). The van der Waals surface area contributed by atoms with Gasteiger partial charge < -0.3 is 0 Å². The average molecular weight is 312 g/mol. The molecule has 0 spiro atoms. The molecule has 0 bridgehead atoms. The monoisotopic (exact) mass is 312 g/mol. The van der Waals surface area contributed by atoms with E-state index in [1.165, 1.54) is 23.3 Å². The van der Waals surface area contributed by atoms with E-state index < -0.39 is 17.6 Å². The largest absolute Gasteiger partial charge is 0.416 e. The number of amides is 1. The van der Waals surface area contributed by atoms with Crippen LogP contribution in [0.3, 0.4) is 0 Å². The Morgan fingerprint density at radius 3 is 2.82 bits per heavy atom. The summed E-state index contributed by atoms with van der Waals surface area (Å²) in [7, 11) is 0. The summed E-state index contributed by atoms with van der Waals surface area (Å²) in [6.45, 7) is 1.99. The second-order valence-electron chi connectivity index (χ2n) is 4.66. The smallest absolute Gasteiger partial charge is 0.268 e. The van der Waals surface area contributed by atoms with Crippen molar-refractivity contribution in [3.8, 4) is 0 Å². The summed E-state index contributed by atoms with van der Waals surface area (Å²) in [6.07, 6.45) is 1.81. The molecule has 4 nitrogen and oxygen atoms in total. The van der Waals surface area contributed by atoms with Crippen LogP contribution in [0.4, 0.5) is 13.2 Å². The van der Waals surface area contributed by atoms with Gasteiger partial charge >= 0.3 is 6.18 Å². The third-order valence-corrected chi connectivity index (χ3v) is 2.93. The zero-order valence-electron chi connectivity index (χ0n) is 11.9. The fourth-order valence-electron chi connectivity index (χ4n) is 1.87. The molecular formula is C15H15F3N2O2. The van der Waals surface area contributed by atoms with Gasteiger partial charge in [-0.25, -0.2) is 10.5 Å². The lowest BCUT2D eigenvalue weighted by molar-refractivity contribution is -0.166. The van der Waals surface area contributed by atoms with Crippen molar-refractivity contribution in [1.29, 1.82) is 0 Å². The zero-order chi connectivity index (χ0) is 16.2. The molecule has 0 atom stereocenters. The molecule has 0 saturated heterocycles. The highest BCUT2D eigenvalue weighted by Crippen LogP contribution is 2.32. The van der Waals surface area contributed by atoms with Crippen LogP contribution in [0.5, 0.6) is 0 Å². The number of benzene rings is 1. The standard InChI is InChI=1S/C15H15F3N2O2/c1-2-3-4-8-20-13(10-14(21)19-22-20)11-6-5-7-12(9-11)15(16,17)18/h4-10H,2-3H2,1H3,(H,19,21). The molecule has 1 heterocycles. The molecule has 0 radical (unpaired) electrons. The van der Waals surface area contributed by atoms with Crippen molar-refractivity contribution in [2.24, 2.45) is 0 Å². The molecule has 118 valence electrons. The predicted octanol–water partition coefficient (Wildman–Crippen LogP) is 3.64. The summed E-state index contributed by atoms with van der Waals surface area (Å²) in [4.78, 5) is 16.4. The molecule has 1 aromatic rings. The first-order chi connectivity index (χ1) is 10.4. The Labute approximate surface area is 125 Å². The molecule has 0 aliphatic carbocycles. The van der Waals surface area contributed by atoms with E-state index in [1.54, 1.807) is 12.3 Å². The molecule has 22 heavy (non-hydrogen) atoms. The van der Waals surface area contributed by atoms with Gasteiger partial charge in [-0.1, -0.05) is 31.6 Å². The van der Waals surface area contributed by atoms with E-state index in [-0.39, 0.29) is 11.3 Å². The lowest BCUT2D eigenvalue weighted by atomic mass is 10.1. The second kappa shape index (κ2) is 6.65. The van der Waals surface area contributed by atoms with Crippen LogP contribution < -0.4 is 5.48 Å². The maximum atomic E-state index is 12.8. The minimum Gasteiger partial charge on any atom is -0.268 e. The van der Waals surface area contributed by atoms with Crippen molar-refractivity contribution in [2.75, 3.05) is 0 Å². The maximum absolute atomic E-state index is 12.8. The van der Waals surface area contributed by atoms with Gasteiger partial charge in [0.15, 0.2) is 0 Å². The van der Waals surface area contributed by atoms with Gasteiger partial charge in [-0.05, 0) is 18.6 Å². The number of nitrogens with one attached hydrogen (secondary N) is 1. The van der Waals surface area contributed by atoms with Gasteiger partial charge in [-0.2, -0.15) is 13.2 Å². The Hall–Kier alpha value is -2.28. The number of unbranched alkanes of at least 4 members (excludes halogenated alkanes) is 1. The van der Waals surface area contributed by atoms with Gasteiger partial charge in [0.25, 0.3) is 5.91 Å². The lowest BCUT2D eigenvalue weighted by Crippen LogP contribution is -2.35. The second-order valence-corrected chi connectivity index (χ2v) is 4.66. The number of alkyl halides is 3. The Kier molecular flexibility index (Phi) is 4.87. The maximum Gasteiger partial charge on any atom is 0.416 e. The number of allylic oxidation sites excluding steroid dienone is 1. The van der Waals surface area contributed by atoms with Gasteiger partial charge in [0.05, 0.1) is 11.3 Å². The summed E-state index contributed by atoms with van der Waals surface area (Å²) >= 11 is 0. The first kappa shape index (κ1) is 16.1. The van der Waals surface area contributed by atoms with Crippen LogP contribution in [0.25, 0.3) is 5.70 Å². The highest BCUT2D eigenvalue weighted by Gasteiger charge is 2.31. The number of halogens is 3. The fraction of sp³-hybridized carbons (Fsp3) is 0.267. The minimum atomic E-state index is -4.45. The molecule has 1 aliphatic rings.